The van der Waals surface area contributed by atoms with Crippen LogP contribution in [0.2, 0.25) is 0 Å². The molecule has 0 aromatic rings. The minimum atomic E-state index is -0.794. The summed E-state index contributed by atoms with van der Waals surface area (Å²) in [7, 11) is 0. The van der Waals surface area contributed by atoms with Crippen LogP contribution in [0, 0.1) is 0 Å². The average molecular weight is 1000 g/mol. The van der Waals surface area contributed by atoms with E-state index in [1.807, 2.05) is 0 Å². The molecule has 72 heavy (non-hydrogen) atoms. The van der Waals surface area contributed by atoms with E-state index < -0.39 is 6.10 Å². The molecule has 0 aliphatic rings. The largest absolute Gasteiger partial charge is 0.462 e. The fourth-order valence-corrected chi connectivity index (χ4v) is 8.33. The number of carbonyl (C=O) groups is 3. The Morgan fingerprint density at radius 1 is 0.292 bits per heavy atom. The van der Waals surface area contributed by atoms with E-state index in [0.29, 0.717) is 19.3 Å². The second kappa shape index (κ2) is 59.9. The molecular formula is C66H112O6. The van der Waals surface area contributed by atoms with Gasteiger partial charge in [0.1, 0.15) is 13.2 Å². The molecule has 0 aromatic heterocycles. The zero-order chi connectivity index (χ0) is 52.2. The van der Waals surface area contributed by atoms with Crippen molar-refractivity contribution in [3.8, 4) is 0 Å². The third-order valence-electron chi connectivity index (χ3n) is 12.8. The number of hydrogen-bond acceptors (Lipinski definition) is 6. The zero-order valence-corrected chi connectivity index (χ0v) is 47.2. The molecule has 0 amide bonds. The van der Waals surface area contributed by atoms with E-state index in [1.165, 1.54) is 122 Å². The predicted octanol–water partition coefficient (Wildman–Crippen LogP) is 20.5. The van der Waals surface area contributed by atoms with Gasteiger partial charge in [0.25, 0.3) is 0 Å². The molecule has 0 radical (unpaired) electrons. The highest BCUT2D eigenvalue weighted by molar-refractivity contribution is 5.71. The summed E-state index contributed by atoms with van der Waals surface area (Å²) in [5, 5.41) is 0. The van der Waals surface area contributed by atoms with Crippen LogP contribution in [0.4, 0.5) is 0 Å². The van der Waals surface area contributed by atoms with Crippen LogP contribution in [-0.4, -0.2) is 37.2 Å². The quantitative estimate of drug-likeness (QED) is 0.0261. The Kier molecular flexibility index (Phi) is 56.8. The molecule has 0 saturated carbocycles. The van der Waals surface area contributed by atoms with Gasteiger partial charge in [0, 0.05) is 19.3 Å². The van der Waals surface area contributed by atoms with Gasteiger partial charge < -0.3 is 14.2 Å². The number of unbranched alkanes of at least 4 members (excludes halogenated alkanes) is 27. The topological polar surface area (TPSA) is 78.9 Å². The average Bonchev–Trinajstić information content (AvgIpc) is 3.38. The smallest absolute Gasteiger partial charge is 0.306 e. The van der Waals surface area contributed by atoms with Gasteiger partial charge >= 0.3 is 17.9 Å². The van der Waals surface area contributed by atoms with Crippen LogP contribution in [0.5, 0.6) is 0 Å². The molecule has 6 nitrogen and oxygen atoms in total. The maximum Gasteiger partial charge on any atom is 0.306 e. The summed E-state index contributed by atoms with van der Waals surface area (Å²) in [6.07, 6.45) is 79.9. The summed E-state index contributed by atoms with van der Waals surface area (Å²) in [4.78, 5) is 38.2. The zero-order valence-electron chi connectivity index (χ0n) is 47.2. The summed E-state index contributed by atoms with van der Waals surface area (Å²) in [6, 6.07) is 0. The summed E-state index contributed by atoms with van der Waals surface area (Å²) in [5.74, 6) is -0.924. The summed E-state index contributed by atoms with van der Waals surface area (Å²) in [5.41, 5.74) is 0. The first-order valence-corrected chi connectivity index (χ1v) is 30.2. The second-order valence-electron chi connectivity index (χ2n) is 19.8. The lowest BCUT2D eigenvalue weighted by Gasteiger charge is -2.18. The van der Waals surface area contributed by atoms with Gasteiger partial charge in [-0.25, -0.2) is 0 Å². The van der Waals surface area contributed by atoms with Crippen molar-refractivity contribution in [1.82, 2.24) is 0 Å². The van der Waals surface area contributed by atoms with Gasteiger partial charge in [-0.15, -0.1) is 0 Å². The van der Waals surface area contributed by atoms with Crippen molar-refractivity contribution in [3.63, 3.8) is 0 Å². The molecular weight excluding hydrogens is 889 g/mol. The second-order valence-corrected chi connectivity index (χ2v) is 19.8. The SMILES string of the molecule is CC/C=C\C/C=C\C/C=C\C/C=C\CCCCCCCCCCCCCCCCC(=O)OCC(COC(=O)CCCCC/C=C\C/C=C\C/C=C\CC)OC(=O)CCCCCCC/C=C\CCCCCCC. The van der Waals surface area contributed by atoms with E-state index in [-0.39, 0.29) is 31.1 Å². The van der Waals surface area contributed by atoms with Gasteiger partial charge in [0.05, 0.1) is 0 Å². The lowest BCUT2D eigenvalue weighted by atomic mass is 10.0. The molecule has 0 fully saturated rings. The van der Waals surface area contributed by atoms with Crippen molar-refractivity contribution in [2.45, 2.75) is 290 Å². The summed E-state index contributed by atoms with van der Waals surface area (Å²) in [6.45, 7) is 6.38. The molecule has 0 spiro atoms. The van der Waals surface area contributed by atoms with Crippen LogP contribution in [0.3, 0.4) is 0 Å². The van der Waals surface area contributed by atoms with E-state index in [0.717, 1.165) is 122 Å². The van der Waals surface area contributed by atoms with Gasteiger partial charge in [0.15, 0.2) is 6.10 Å². The number of ether oxygens (including phenoxy) is 3. The molecule has 1 atom stereocenters. The van der Waals surface area contributed by atoms with Crippen LogP contribution < -0.4 is 0 Å². The normalized spacial score (nSPS) is 12.8. The maximum absolute atomic E-state index is 12.8. The van der Waals surface area contributed by atoms with Crippen molar-refractivity contribution < 1.29 is 28.6 Å². The van der Waals surface area contributed by atoms with Crippen LogP contribution in [0.1, 0.15) is 284 Å². The van der Waals surface area contributed by atoms with E-state index in [1.54, 1.807) is 0 Å². The van der Waals surface area contributed by atoms with Crippen LogP contribution in [0.15, 0.2) is 97.2 Å². The number of allylic oxidation sites excluding steroid dienone is 16. The van der Waals surface area contributed by atoms with E-state index in [2.05, 4.69) is 118 Å². The highest BCUT2D eigenvalue weighted by Crippen LogP contribution is 2.16. The third-order valence-corrected chi connectivity index (χ3v) is 12.8. The van der Waals surface area contributed by atoms with E-state index in [4.69, 9.17) is 14.2 Å². The summed E-state index contributed by atoms with van der Waals surface area (Å²) < 4.78 is 16.8. The molecule has 0 N–H and O–H groups in total. The lowest BCUT2D eigenvalue weighted by Crippen LogP contribution is -2.30. The molecule has 0 aromatic carbocycles. The van der Waals surface area contributed by atoms with Gasteiger partial charge in [0.2, 0.25) is 0 Å². The highest BCUT2D eigenvalue weighted by Gasteiger charge is 2.19. The number of esters is 3. The van der Waals surface area contributed by atoms with Crippen molar-refractivity contribution in [3.05, 3.63) is 97.2 Å². The molecule has 0 aliphatic heterocycles. The minimum Gasteiger partial charge on any atom is -0.462 e. The Balaban J connectivity index is 4.26. The fraction of sp³-hybridized carbons (Fsp3) is 0.712. The molecule has 6 heteroatoms. The molecule has 412 valence electrons. The van der Waals surface area contributed by atoms with E-state index >= 15 is 0 Å². The van der Waals surface area contributed by atoms with Gasteiger partial charge in [-0.3, -0.25) is 14.4 Å². The first-order chi connectivity index (χ1) is 35.5. The molecule has 0 saturated heterocycles. The fourth-order valence-electron chi connectivity index (χ4n) is 8.33. The molecule has 0 heterocycles. The van der Waals surface area contributed by atoms with Crippen LogP contribution in [0.25, 0.3) is 0 Å². The Morgan fingerprint density at radius 2 is 0.542 bits per heavy atom. The molecule has 0 rings (SSSR count). The third kappa shape index (κ3) is 57.2. The van der Waals surface area contributed by atoms with Crippen molar-refractivity contribution in [1.29, 1.82) is 0 Å². The monoisotopic (exact) mass is 1000 g/mol. The Bertz CT molecular complexity index is 1430. The standard InChI is InChI=1S/C66H112O6/c1-4-7-10-13-16-19-22-25-27-28-29-30-31-32-33-34-35-36-37-38-39-42-44-47-50-53-56-59-65(68)71-62-63(61-70-64(67)58-55-52-49-46-43-40-24-21-18-15-12-9-6-3)72-66(69)60-57-54-51-48-45-41-26-23-20-17-14-11-8-5-2/h7,9-10,12,16,18-19,21,23,25-27,29-30,40,43,63H,4-6,8,11,13-15,17,20,22,24,28,31-39,41-42,44-62H2,1-3H3/b10-7-,12-9-,19-16-,21-18-,26-23-,27-25-,30-29-,43-40-. The number of hydrogen-bond donors (Lipinski definition) is 0. The highest BCUT2D eigenvalue weighted by atomic mass is 16.6. The Labute approximate surface area is 445 Å². The van der Waals surface area contributed by atoms with Crippen LogP contribution >= 0.6 is 0 Å². The van der Waals surface area contributed by atoms with Gasteiger partial charge in [-0.05, 0) is 116 Å². The minimum absolute atomic E-state index is 0.0895. The molecule has 0 aliphatic carbocycles. The van der Waals surface area contributed by atoms with Crippen molar-refractivity contribution >= 4 is 17.9 Å². The first kappa shape index (κ1) is 68.3. The maximum atomic E-state index is 12.8. The number of rotatable bonds is 54. The van der Waals surface area contributed by atoms with Crippen LogP contribution in [-0.2, 0) is 28.6 Å². The van der Waals surface area contributed by atoms with Gasteiger partial charge in [-0.2, -0.15) is 0 Å². The Morgan fingerprint density at radius 3 is 0.875 bits per heavy atom. The predicted molar refractivity (Wildman–Crippen MR) is 311 cm³/mol. The van der Waals surface area contributed by atoms with Crippen molar-refractivity contribution in [2.24, 2.45) is 0 Å². The van der Waals surface area contributed by atoms with Crippen molar-refractivity contribution in [2.75, 3.05) is 13.2 Å². The molecule has 1 unspecified atom stereocenters. The Hall–Kier alpha value is -3.67. The number of carbonyl (C=O) groups excluding carboxylic acids is 3. The molecule has 0 bridgehead atoms. The summed E-state index contributed by atoms with van der Waals surface area (Å²) >= 11 is 0. The first-order valence-electron chi connectivity index (χ1n) is 30.2. The lowest BCUT2D eigenvalue weighted by molar-refractivity contribution is -0.167. The van der Waals surface area contributed by atoms with Gasteiger partial charge in [-0.1, -0.05) is 246 Å². The van der Waals surface area contributed by atoms with E-state index in [9.17, 15) is 14.4 Å².